The highest BCUT2D eigenvalue weighted by atomic mass is 16.7. The van der Waals surface area contributed by atoms with Gasteiger partial charge in [-0.3, -0.25) is 9.59 Å². The molecule has 0 aromatic heterocycles. The van der Waals surface area contributed by atoms with Gasteiger partial charge in [0.1, 0.15) is 12.7 Å². The first-order valence-corrected chi connectivity index (χ1v) is 16.7. The first-order valence-electron chi connectivity index (χ1n) is 16.7. The predicted molar refractivity (Wildman–Crippen MR) is 158 cm³/mol. The van der Waals surface area contributed by atoms with Gasteiger partial charge in [0, 0.05) is 38.9 Å². The lowest BCUT2D eigenvalue weighted by atomic mass is 9.42. The van der Waals surface area contributed by atoms with E-state index in [4.69, 9.17) is 28.4 Å². The second-order valence-electron chi connectivity index (χ2n) is 15.1. The van der Waals surface area contributed by atoms with Gasteiger partial charge >= 0.3 is 17.9 Å². The lowest BCUT2D eigenvalue weighted by Gasteiger charge is -2.66. The summed E-state index contributed by atoms with van der Waals surface area (Å²) in [5.41, 5.74) is -1.63. The fraction of sp³-hybridized carbons (Fsp3) is 0.853. The Balaban J connectivity index is 1.19. The monoisotopic (exact) mass is 634 g/mol. The van der Waals surface area contributed by atoms with Gasteiger partial charge in [0.15, 0.2) is 18.5 Å². The Hall–Kier alpha value is -2.05. The number of carbonyl (C=O) groups excluding carboxylic acids is 3. The number of hydrogen-bond acceptors (Lipinski definition) is 11. The molecule has 11 heteroatoms. The SMILES string of the molecule is CO[C@H]1[C@@H](OC(C)=O)[C@H](C)O[C@@H](O[C@@H]2CC[C@]3(C)[C@H]4CC[C@]5(C)[C@@H](C6=CC(=O)OC6)CC[C@@]5(O)[C@@H]4CC[C@]3(O)C2)[C@@H]1OC(C)=O. The van der Waals surface area contributed by atoms with Gasteiger partial charge in [-0.2, -0.15) is 0 Å². The van der Waals surface area contributed by atoms with Gasteiger partial charge in [0.2, 0.25) is 0 Å². The third-order valence-corrected chi connectivity index (χ3v) is 13.0. The van der Waals surface area contributed by atoms with E-state index < -0.39 is 59.3 Å². The van der Waals surface area contributed by atoms with Crippen LogP contribution in [0.2, 0.25) is 0 Å². The highest BCUT2D eigenvalue weighted by Crippen LogP contribution is 2.70. The summed E-state index contributed by atoms with van der Waals surface area (Å²) in [6, 6.07) is 0. The van der Waals surface area contributed by atoms with Crippen molar-refractivity contribution in [2.75, 3.05) is 13.7 Å². The molecular formula is C34H50O11. The number of cyclic esters (lactones) is 1. The summed E-state index contributed by atoms with van der Waals surface area (Å²) in [5, 5.41) is 24.9. The van der Waals surface area contributed by atoms with E-state index in [1.807, 2.05) is 0 Å². The quantitative estimate of drug-likeness (QED) is 0.252. The van der Waals surface area contributed by atoms with Gasteiger partial charge in [-0.1, -0.05) is 13.8 Å². The average molecular weight is 635 g/mol. The second-order valence-corrected chi connectivity index (χ2v) is 15.1. The van der Waals surface area contributed by atoms with Crippen molar-refractivity contribution in [3.63, 3.8) is 0 Å². The summed E-state index contributed by atoms with van der Waals surface area (Å²) in [7, 11) is 1.47. The number of esters is 3. The molecule has 45 heavy (non-hydrogen) atoms. The van der Waals surface area contributed by atoms with Crippen LogP contribution in [0, 0.1) is 28.6 Å². The van der Waals surface area contributed by atoms with E-state index in [1.54, 1.807) is 13.0 Å². The molecule has 0 spiro atoms. The number of methoxy groups -OCH3 is 1. The normalized spacial score (nSPS) is 49.2. The Kier molecular flexibility index (Phi) is 8.46. The number of hydrogen-bond donors (Lipinski definition) is 2. The molecule has 5 fully saturated rings. The fourth-order valence-corrected chi connectivity index (χ4v) is 10.7. The first-order chi connectivity index (χ1) is 21.2. The standard InChI is InChI=1S/C34H50O11/c1-18-27(43-19(2)35)28(40-6)29(44-20(3)36)30(42-18)45-22-7-11-31(4)24-8-12-32(5)23(21-15-26(37)41-17-21)10-14-34(32,39)25(24)9-13-33(31,38)16-22/h15,18,22-25,27-30,38-39H,7-14,16-17H2,1-6H3/t18-,22+,23+,24-,25+,27-,28-,29+,30-,31+,32+,33-,34+/m0/s1. The number of fused-ring (bicyclic) bond motifs is 5. The van der Waals surface area contributed by atoms with Crippen LogP contribution < -0.4 is 0 Å². The lowest BCUT2D eigenvalue weighted by molar-refractivity contribution is -0.324. The maximum Gasteiger partial charge on any atom is 0.331 e. The molecule has 11 nitrogen and oxygen atoms in total. The molecule has 2 heterocycles. The molecule has 1 saturated heterocycles. The van der Waals surface area contributed by atoms with Crippen molar-refractivity contribution in [1.29, 1.82) is 0 Å². The molecule has 252 valence electrons. The smallest absolute Gasteiger partial charge is 0.331 e. The summed E-state index contributed by atoms with van der Waals surface area (Å²) in [5.74, 6) is -1.01. The van der Waals surface area contributed by atoms with Crippen molar-refractivity contribution in [2.24, 2.45) is 28.6 Å². The van der Waals surface area contributed by atoms with Crippen LogP contribution in [0.4, 0.5) is 0 Å². The Labute approximate surface area is 265 Å². The Morgan fingerprint density at radius 1 is 0.889 bits per heavy atom. The van der Waals surface area contributed by atoms with E-state index in [2.05, 4.69) is 13.8 Å². The molecule has 0 bridgehead atoms. The van der Waals surface area contributed by atoms with Crippen molar-refractivity contribution in [3.05, 3.63) is 11.6 Å². The Morgan fingerprint density at radius 3 is 2.20 bits per heavy atom. The molecule has 0 unspecified atom stereocenters. The van der Waals surface area contributed by atoms with Gasteiger partial charge in [-0.25, -0.2) is 4.79 Å². The summed E-state index contributed by atoms with van der Waals surface area (Å²) >= 11 is 0. The minimum Gasteiger partial charge on any atom is -0.458 e. The molecule has 0 aromatic rings. The van der Waals surface area contributed by atoms with Crippen LogP contribution in [0.15, 0.2) is 11.6 Å². The Morgan fingerprint density at radius 2 is 1.56 bits per heavy atom. The van der Waals surface area contributed by atoms with Crippen molar-refractivity contribution >= 4 is 17.9 Å². The van der Waals surface area contributed by atoms with Gasteiger partial charge in [-0.05, 0) is 87.0 Å². The van der Waals surface area contributed by atoms with Gasteiger partial charge in [0.25, 0.3) is 0 Å². The lowest BCUT2D eigenvalue weighted by Crippen LogP contribution is -2.68. The van der Waals surface area contributed by atoms with E-state index in [0.717, 1.165) is 24.8 Å². The van der Waals surface area contributed by atoms with E-state index >= 15 is 0 Å². The molecule has 0 aromatic carbocycles. The minimum absolute atomic E-state index is 0.0548. The molecule has 4 aliphatic carbocycles. The van der Waals surface area contributed by atoms with Crippen molar-refractivity contribution in [1.82, 2.24) is 0 Å². The minimum atomic E-state index is -1.01. The molecule has 6 rings (SSSR count). The van der Waals surface area contributed by atoms with Crippen LogP contribution in [0.1, 0.15) is 92.4 Å². The molecule has 2 N–H and O–H groups in total. The third kappa shape index (κ3) is 5.16. The highest BCUT2D eigenvalue weighted by molar-refractivity contribution is 5.85. The largest absolute Gasteiger partial charge is 0.458 e. The van der Waals surface area contributed by atoms with Crippen molar-refractivity contribution in [3.8, 4) is 0 Å². The maximum absolute atomic E-state index is 12.5. The van der Waals surface area contributed by atoms with Crippen LogP contribution in [0.25, 0.3) is 0 Å². The van der Waals surface area contributed by atoms with Crippen LogP contribution in [-0.2, 0) is 42.8 Å². The first kappa shape index (κ1) is 32.9. The zero-order chi connectivity index (χ0) is 32.5. The molecule has 0 radical (unpaired) electrons. The van der Waals surface area contributed by atoms with Crippen LogP contribution in [0.3, 0.4) is 0 Å². The van der Waals surface area contributed by atoms with Crippen molar-refractivity contribution in [2.45, 2.75) is 140 Å². The zero-order valence-electron chi connectivity index (χ0n) is 27.4. The van der Waals surface area contributed by atoms with Crippen LogP contribution >= 0.6 is 0 Å². The summed E-state index contributed by atoms with van der Waals surface area (Å²) in [6.07, 6.45) is 3.42. The fourth-order valence-electron chi connectivity index (χ4n) is 10.7. The van der Waals surface area contributed by atoms with E-state index in [9.17, 15) is 24.6 Å². The van der Waals surface area contributed by atoms with Gasteiger partial charge in [-0.15, -0.1) is 0 Å². The molecule has 4 saturated carbocycles. The molecule has 6 aliphatic rings. The predicted octanol–water partition coefficient (Wildman–Crippen LogP) is 3.37. The zero-order valence-corrected chi connectivity index (χ0v) is 27.4. The van der Waals surface area contributed by atoms with Crippen LogP contribution in [0.5, 0.6) is 0 Å². The summed E-state index contributed by atoms with van der Waals surface area (Å²) in [6.45, 7) is 9.06. The number of rotatable bonds is 6. The van der Waals surface area contributed by atoms with E-state index in [1.165, 1.54) is 21.0 Å². The number of aliphatic hydroxyl groups is 2. The molecule has 0 amide bonds. The maximum atomic E-state index is 12.5. The van der Waals surface area contributed by atoms with E-state index in [-0.39, 0.29) is 35.2 Å². The van der Waals surface area contributed by atoms with Crippen LogP contribution in [-0.4, -0.2) is 89.8 Å². The second kappa shape index (κ2) is 11.6. The number of ether oxygens (including phenoxy) is 6. The molecule has 13 atom stereocenters. The topological polar surface area (TPSA) is 147 Å². The molecule has 2 aliphatic heterocycles. The van der Waals surface area contributed by atoms with Crippen molar-refractivity contribution < 1.29 is 53.0 Å². The van der Waals surface area contributed by atoms with Gasteiger partial charge in [0.05, 0.1) is 23.4 Å². The highest BCUT2D eigenvalue weighted by Gasteiger charge is 2.70. The summed E-state index contributed by atoms with van der Waals surface area (Å²) in [4.78, 5) is 35.8. The molecular weight excluding hydrogens is 584 g/mol. The summed E-state index contributed by atoms with van der Waals surface area (Å²) < 4.78 is 34.7. The van der Waals surface area contributed by atoms with E-state index in [0.29, 0.717) is 45.1 Å². The third-order valence-electron chi connectivity index (χ3n) is 13.0. The Bertz CT molecular complexity index is 1230. The average Bonchev–Trinajstić information content (AvgIpc) is 3.51. The number of carbonyl (C=O) groups is 3. The van der Waals surface area contributed by atoms with Gasteiger partial charge < -0.3 is 38.6 Å².